The van der Waals surface area contributed by atoms with Gasteiger partial charge in [-0.1, -0.05) is 0 Å². The Hall–Kier alpha value is -1.10. The molecule has 1 aromatic rings. The van der Waals surface area contributed by atoms with Gasteiger partial charge >= 0.3 is 0 Å². The van der Waals surface area contributed by atoms with Gasteiger partial charge in [-0.15, -0.1) is 12.6 Å². The summed E-state index contributed by atoms with van der Waals surface area (Å²) in [5.41, 5.74) is 2.44. The number of nitrogens with one attached hydrogen (secondary N) is 1. The molecule has 0 saturated carbocycles. The van der Waals surface area contributed by atoms with Crippen LogP contribution in [0.4, 0.5) is 17.2 Å². The maximum Gasteiger partial charge on any atom is 0.156 e. The summed E-state index contributed by atoms with van der Waals surface area (Å²) in [6.45, 7) is 2.30. The molecule has 0 aromatic carbocycles. The summed E-state index contributed by atoms with van der Waals surface area (Å²) in [6, 6.07) is 2.11. The number of pyridine rings is 1. The van der Waals surface area contributed by atoms with Crippen molar-refractivity contribution in [1.82, 2.24) is 4.98 Å². The van der Waals surface area contributed by atoms with Crippen LogP contribution in [-0.2, 0) is 0 Å². The molecule has 4 nitrogen and oxygen atoms in total. The Balaban J connectivity index is 1.96. The minimum absolute atomic E-state index is 0.0310. The zero-order valence-electron chi connectivity index (χ0n) is 10.1. The Morgan fingerprint density at radius 1 is 1.35 bits per heavy atom. The zero-order valence-corrected chi connectivity index (χ0v) is 11.0. The van der Waals surface area contributed by atoms with E-state index < -0.39 is 0 Å². The fourth-order valence-corrected chi connectivity index (χ4v) is 2.83. The predicted octanol–water partition coefficient (Wildman–Crippen LogP) is 2.15. The topological polar surface area (TPSA) is 31.4 Å². The van der Waals surface area contributed by atoms with Crippen LogP contribution < -0.4 is 15.1 Å². The molecule has 1 aromatic heterocycles. The Bertz CT molecular complexity index is 417. The van der Waals surface area contributed by atoms with Crippen LogP contribution in [0.15, 0.2) is 12.3 Å². The van der Waals surface area contributed by atoms with Gasteiger partial charge in [-0.05, 0) is 25.3 Å². The van der Waals surface area contributed by atoms with Crippen molar-refractivity contribution in [3.8, 4) is 0 Å². The van der Waals surface area contributed by atoms with E-state index in [4.69, 9.17) is 0 Å². The van der Waals surface area contributed by atoms with Crippen LogP contribution in [0.1, 0.15) is 19.3 Å². The van der Waals surface area contributed by atoms with Crippen molar-refractivity contribution in [2.45, 2.75) is 24.8 Å². The number of fused-ring (bicyclic) bond motifs is 1. The molecule has 3 rings (SSSR count). The number of nitrogens with zero attached hydrogens (tertiary/aromatic N) is 3. The number of hydrogen-bond acceptors (Lipinski definition) is 5. The fraction of sp³-hybridized carbons (Fsp3) is 0.583. The molecule has 2 aliphatic heterocycles. The second-order valence-corrected chi connectivity index (χ2v) is 5.19. The van der Waals surface area contributed by atoms with Crippen molar-refractivity contribution in [2.75, 3.05) is 35.3 Å². The highest BCUT2D eigenvalue weighted by Gasteiger charge is 2.28. The molecule has 1 fully saturated rings. The maximum atomic E-state index is 4.50. The first-order valence-corrected chi connectivity index (χ1v) is 6.70. The quantitative estimate of drug-likeness (QED) is 0.748. The number of piperidine rings is 1. The minimum atomic E-state index is 0.0310. The van der Waals surface area contributed by atoms with E-state index in [9.17, 15) is 0 Å². The lowest BCUT2D eigenvalue weighted by Gasteiger charge is -2.30. The normalized spacial score (nSPS) is 23.5. The maximum absolute atomic E-state index is 4.50. The van der Waals surface area contributed by atoms with Crippen LogP contribution in [0.3, 0.4) is 0 Å². The summed E-state index contributed by atoms with van der Waals surface area (Å²) in [6.07, 6.45) is 5.83. The van der Waals surface area contributed by atoms with Crippen LogP contribution in [-0.4, -0.2) is 30.6 Å². The Kier molecular flexibility index (Phi) is 2.78. The Morgan fingerprint density at radius 2 is 2.12 bits per heavy atom. The summed E-state index contributed by atoms with van der Waals surface area (Å²) < 4.78 is 0. The number of anilines is 3. The molecule has 0 radical (unpaired) electrons. The zero-order chi connectivity index (χ0) is 11.8. The van der Waals surface area contributed by atoms with E-state index in [1.54, 1.807) is 0 Å². The second kappa shape index (κ2) is 4.29. The lowest BCUT2D eigenvalue weighted by molar-refractivity contribution is 0.578. The fourth-order valence-electron chi connectivity index (χ4n) is 2.59. The number of aromatic nitrogens is 1. The number of rotatable bonds is 1. The number of thiol groups is 1. The molecule has 92 valence electrons. The largest absolute Gasteiger partial charge is 0.370 e. The van der Waals surface area contributed by atoms with Gasteiger partial charge in [0, 0.05) is 26.3 Å². The van der Waals surface area contributed by atoms with Crippen LogP contribution >= 0.6 is 12.6 Å². The van der Waals surface area contributed by atoms with Gasteiger partial charge in [0.2, 0.25) is 0 Å². The molecule has 1 unspecified atom stereocenters. The first-order valence-electron chi connectivity index (χ1n) is 6.19. The van der Waals surface area contributed by atoms with Gasteiger partial charge in [0.05, 0.1) is 5.69 Å². The molecule has 5 heteroatoms. The third kappa shape index (κ3) is 1.82. The lowest BCUT2D eigenvalue weighted by Crippen LogP contribution is -2.30. The van der Waals surface area contributed by atoms with E-state index in [1.165, 1.54) is 24.9 Å². The number of hydrogen-bond donors (Lipinski definition) is 2. The highest BCUT2D eigenvalue weighted by atomic mass is 32.1. The van der Waals surface area contributed by atoms with Crippen LogP contribution in [0, 0.1) is 0 Å². The average Bonchev–Trinajstić information content (AvgIpc) is 2.67. The molecule has 1 atom stereocenters. The van der Waals surface area contributed by atoms with E-state index >= 15 is 0 Å². The molecule has 1 saturated heterocycles. The lowest BCUT2D eigenvalue weighted by atomic mass is 10.1. The molecule has 0 spiro atoms. The molecule has 0 aliphatic carbocycles. The summed E-state index contributed by atoms with van der Waals surface area (Å²) in [5, 5.41) is 3.40. The van der Waals surface area contributed by atoms with Gasteiger partial charge in [-0.3, -0.25) is 0 Å². The first-order chi connectivity index (χ1) is 8.27. The van der Waals surface area contributed by atoms with Crippen molar-refractivity contribution < 1.29 is 0 Å². The van der Waals surface area contributed by atoms with Crippen LogP contribution in [0.2, 0.25) is 0 Å². The minimum Gasteiger partial charge on any atom is -0.370 e. The van der Waals surface area contributed by atoms with Gasteiger partial charge in [0.15, 0.2) is 5.82 Å². The molecule has 0 amide bonds. The molecule has 17 heavy (non-hydrogen) atoms. The van der Waals surface area contributed by atoms with Crippen molar-refractivity contribution in [2.24, 2.45) is 0 Å². The van der Waals surface area contributed by atoms with Gasteiger partial charge in [-0.2, -0.15) is 0 Å². The second-order valence-electron chi connectivity index (χ2n) is 4.71. The molecule has 3 heterocycles. The molecule has 2 aliphatic rings. The summed E-state index contributed by atoms with van der Waals surface area (Å²) in [4.78, 5) is 8.95. The molecule has 1 N–H and O–H groups in total. The summed E-state index contributed by atoms with van der Waals surface area (Å²) >= 11 is 4.50. The third-order valence-electron chi connectivity index (χ3n) is 3.58. The van der Waals surface area contributed by atoms with Crippen molar-refractivity contribution in [3.05, 3.63) is 12.3 Å². The van der Waals surface area contributed by atoms with Crippen molar-refractivity contribution >= 4 is 29.8 Å². The van der Waals surface area contributed by atoms with E-state index in [1.807, 2.05) is 13.2 Å². The standard InChI is InChI=1S/C12H18N4S/c1-15-11-10(14-12(15)17)9(5-6-13-11)16-7-3-2-4-8-16/h5-6,12,14,17H,2-4,7-8H2,1H3. The first kappa shape index (κ1) is 11.0. The Morgan fingerprint density at radius 3 is 2.88 bits per heavy atom. The third-order valence-corrected chi connectivity index (χ3v) is 4.06. The summed E-state index contributed by atoms with van der Waals surface area (Å²) in [5.74, 6) is 1.01. The van der Waals surface area contributed by atoms with E-state index in [0.717, 1.165) is 24.6 Å². The predicted molar refractivity (Wildman–Crippen MR) is 75.1 cm³/mol. The van der Waals surface area contributed by atoms with E-state index in [-0.39, 0.29) is 5.50 Å². The van der Waals surface area contributed by atoms with E-state index in [2.05, 4.69) is 38.8 Å². The monoisotopic (exact) mass is 250 g/mol. The summed E-state index contributed by atoms with van der Waals surface area (Å²) in [7, 11) is 2.02. The van der Waals surface area contributed by atoms with Gasteiger partial charge in [0.25, 0.3) is 0 Å². The van der Waals surface area contributed by atoms with Crippen molar-refractivity contribution in [3.63, 3.8) is 0 Å². The molecule has 0 bridgehead atoms. The highest BCUT2D eigenvalue weighted by Crippen LogP contribution is 2.40. The van der Waals surface area contributed by atoms with Gasteiger partial charge < -0.3 is 15.1 Å². The molecular formula is C12H18N4S. The SMILES string of the molecule is CN1c2nccc(N3CCCCC3)c2NC1S. The Labute approximate surface area is 107 Å². The van der Waals surface area contributed by atoms with Gasteiger partial charge in [0.1, 0.15) is 11.2 Å². The smallest absolute Gasteiger partial charge is 0.156 e. The van der Waals surface area contributed by atoms with Crippen LogP contribution in [0.25, 0.3) is 0 Å². The highest BCUT2D eigenvalue weighted by molar-refractivity contribution is 7.81. The van der Waals surface area contributed by atoms with Crippen molar-refractivity contribution in [1.29, 1.82) is 0 Å². The average molecular weight is 250 g/mol. The molecular weight excluding hydrogens is 232 g/mol. The van der Waals surface area contributed by atoms with Gasteiger partial charge in [-0.25, -0.2) is 4.98 Å². The van der Waals surface area contributed by atoms with E-state index in [0.29, 0.717) is 0 Å². The van der Waals surface area contributed by atoms with Crippen LogP contribution in [0.5, 0.6) is 0 Å².